The van der Waals surface area contributed by atoms with Crippen LogP contribution >= 0.6 is 0 Å². The summed E-state index contributed by atoms with van der Waals surface area (Å²) < 4.78 is 2.17. The van der Waals surface area contributed by atoms with E-state index in [0.717, 1.165) is 47.2 Å². The van der Waals surface area contributed by atoms with Gasteiger partial charge in [-0.25, -0.2) is 4.98 Å². The van der Waals surface area contributed by atoms with Crippen molar-refractivity contribution in [1.29, 1.82) is 0 Å². The van der Waals surface area contributed by atoms with Gasteiger partial charge in [0.15, 0.2) is 5.48 Å². The van der Waals surface area contributed by atoms with Crippen molar-refractivity contribution in [2.75, 3.05) is 0 Å². The molecule has 0 bridgehead atoms. The van der Waals surface area contributed by atoms with Gasteiger partial charge in [0.25, 0.3) is 0 Å². The van der Waals surface area contributed by atoms with Crippen molar-refractivity contribution in [2.45, 2.75) is 45.4 Å². The number of allylic oxidation sites excluding steroid dienone is 4. The fourth-order valence-electron chi connectivity index (χ4n) is 4.45. The Morgan fingerprint density at radius 3 is 2.58 bits per heavy atom. The Hall–Kier alpha value is -3.59. The van der Waals surface area contributed by atoms with Gasteiger partial charge >= 0.3 is 0 Å². The average molecular weight is 434 g/mol. The summed E-state index contributed by atoms with van der Waals surface area (Å²) in [6, 6.07) is 19.4. The summed E-state index contributed by atoms with van der Waals surface area (Å²) >= 11 is 0. The zero-order valence-electron chi connectivity index (χ0n) is 19.7. The first kappa shape index (κ1) is 21.3. The van der Waals surface area contributed by atoms with Gasteiger partial charge in [0.2, 0.25) is 0 Å². The number of aromatic nitrogens is 2. The molecule has 1 aliphatic carbocycles. The van der Waals surface area contributed by atoms with Crippen molar-refractivity contribution in [2.24, 2.45) is 0 Å². The van der Waals surface area contributed by atoms with E-state index in [1.807, 2.05) is 0 Å². The van der Waals surface area contributed by atoms with Gasteiger partial charge < -0.3 is 5.32 Å². The van der Waals surface area contributed by atoms with E-state index in [9.17, 15) is 0 Å². The summed E-state index contributed by atoms with van der Waals surface area (Å²) in [7, 11) is 0. The molecule has 0 saturated carbocycles. The molecule has 166 valence electrons. The van der Waals surface area contributed by atoms with E-state index in [1.54, 1.807) is 0 Å². The van der Waals surface area contributed by atoms with Gasteiger partial charge in [-0.1, -0.05) is 99.7 Å². The highest BCUT2D eigenvalue weighted by atomic mass is 15.1. The molecule has 1 N–H and O–H groups in total. The van der Waals surface area contributed by atoms with Crippen LogP contribution < -0.4 is 16.1 Å². The Labute approximate surface area is 196 Å². The summed E-state index contributed by atoms with van der Waals surface area (Å²) in [6.45, 7) is 11.2. The molecule has 0 fully saturated rings. The third kappa shape index (κ3) is 4.36. The predicted molar refractivity (Wildman–Crippen MR) is 139 cm³/mol. The van der Waals surface area contributed by atoms with Crippen molar-refractivity contribution >= 4 is 24.2 Å². The number of nitrogens with zero attached hydrogens (tertiary/aromatic N) is 2. The van der Waals surface area contributed by atoms with Crippen molar-refractivity contribution < 1.29 is 0 Å². The Morgan fingerprint density at radius 1 is 1.03 bits per heavy atom. The van der Waals surface area contributed by atoms with Crippen LogP contribution in [0.15, 0.2) is 78.4 Å². The molecule has 3 aromatic rings. The molecule has 2 heterocycles. The lowest BCUT2D eigenvalue weighted by Gasteiger charge is -2.23. The maximum absolute atomic E-state index is 5.06. The van der Waals surface area contributed by atoms with Crippen LogP contribution in [-0.2, 0) is 18.3 Å². The number of benzene rings is 2. The van der Waals surface area contributed by atoms with Crippen LogP contribution in [0.1, 0.15) is 49.6 Å². The van der Waals surface area contributed by atoms with Crippen LogP contribution in [0.4, 0.5) is 0 Å². The molecule has 0 spiro atoms. The number of imidazole rings is 1. The van der Waals surface area contributed by atoms with Crippen molar-refractivity contribution in [3.05, 3.63) is 112 Å². The number of hydrogen-bond acceptors (Lipinski definition) is 2. The second-order valence-electron chi connectivity index (χ2n) is 9.97. The molecule has 3 heteroatoms. The molecule has 0 atom stereocenters. The van der Waals surface area contributed by atoms with Gasteiger partial charge in [0, 0.05) is 19.0 Å². The first-order valence-electron chi connectivity index (χ1n) is 11.7. The summed E-state index contributed by atoms with van der Waals surface area (Å²) in [6.07, 6.45) is 11.3. The molecule has 0 unspecified atom stereocenters. The summed E-state index contributed by atoms with van der Waals surface area (Å²) in [4.78, 5) is 5.06. The second kappa shape index (κ2) is 8.40. The van der Waals surface area contributed by atoms with E-state index >= 15 is 0 Å². The predicted octanol–water partition coefficient (Wildman–Crippen LogP) is 4.93. The molecule has 3 nitrogen and oxygen atoms in total. The highest BCUT2D eigenvalue weighted by Gasteiger charge is 2.20. The molecule has 33 heavy (non-hydrogen) atoms. The molecule has 0 saturated heterocycles. The minimum absolute atomic E-state index is 0.0929. The SMILES string of the molecule is C=c1c(CC2=CC=CC2)nc2n1C=C(c1cccc(C(C)(C)C)c1)NC=2Cc1ccccc1. The first-order valence-corrected chi connectivity index (χ1v) is 11.7. The number of fused-ring (bicyclic) bond motifs is 1. The number of rotatable bonds is 5. The van der Waals surface area contributed by atoms with E-state index in [4.69, 9.17) is 4.98 Å². The number of nitrogens with one attached hydrogen (secondary N) is 1. The average Bonchev–Trinajstić information content (AvgIpc) is 3.43. The van der Waals surface area contributed by atoms with Gasteiger partial charge in [-0.2, -0.15) is 0 Å². The highest BCUT2D eigenvalue weighted by Crippen LogP contribution is 2.26. The lowest BCUT2D eigenvalue weighted by Crippen LogP contribution is -2.35. The molecule has 2 aromatic carbocycles. The van der Waals surface area contributed by atoms with Crippen LogP contribution in [0, 0.1) is 0 Å². The molecule has 0 radical (unpaired) electrons. The Balaban J connectivity index is 1.60. The fraction of sp³-hybridized carbons (Fsp3) is 0.233. The molecular weight excluding hydrogens is 402 g/mol. The van der Waals surface area contributed by atoms with E-state index in [0.29, 0.717) is 0 Å². The standard InChI is InChI=1S/C30H31N3/c1-21-26(17-22-13-8-9-14-22)32-29-27(18-23-11-6-5-7-12-23)31-28(20-33(21)29)24-15-10-16-25(19-24)30(2,3)4/h5-13,15-16,19-20,31H,1,14,17-18H2,2-4H3. The maximum Gasteiger partial charge on any atom is 0.157 e. The van der Waals surface area contributed by atoms with Crippen molar-refractivity contribution in [3.8, 4) is 0 Å². The Morgan fingerprint density at radius 2 is 1.85 bits per heavy atom. The minimum Gasteiger partial charge on any atom is -0.354 e. The third-order valence-electron chi connectivity index (χ3n) is 6.41. The number of hydrogen-bond donors (Lipinski definition) is 1. The quantitative estimate of drug-likeness (QED) is 0.618. The zero-order chi connectivity index (χ0) is 23.0. The zero-order valence-corrected chi connectivity index (χ0v) is 19.7. The normalized spacial score (nSPS) is 15.2. The highest BCUT2D eigenvalue weighted by molar-refractivity contribution is 5.81. The minimum atomic E-state index is 0.0929. The molecular formula is C30H31N3. The lowest BCUT2D eigenvalue weighted by molar-refractivity contribution is 0.590. The maximum atomic E-state index is 5.06. The van der Waals surface area contributed by atoms with E-state index in [1.165, 1.54) is 22.3 Å². The first-order chi connectivity index (χ1) is 15.9. The molecule has 1 aromatic heterocycles. The molecule has 5 rings (SSSR count). The molecule has 2 aliphatic rings. The van der Waals surface area contributed by atoms with E-state index in [-0.39, 0.29) is 5.41 Å². The van der Waals surface area contributed by atoms with Gasteiger partial charge in [-0.05, 0) is 34.6 Å². The van der Waals surface area contributed by atoms with Crippen LogP contribution in [0.2, 0.25) is 0 Å². The van der Waals surface area contributed by atoms with Crippen molar-refractivity contribution in [3.63, 3.8) is 0 Å². The second-order valence-corrected chi connectivity index (χ2v) is 9.97. The van der Waals surface area contributed by atoms with Gasteiger partial charge in [0.05, 0.1) is 22.4 Å². The van der Waals surface area contributed by atoms with Crippen LogP contribution in [0.3, 0.4) is 0 Å². The van der Waals surface area contributed by atoms with Crippen LogP contribution in [-0.4, -0.2) is 9.55 Å². The van der Waals surface area contributed by atoms with Crippen LogP contribution in [0.25, 0.3) is 24.2 Å². The van der Waals surface area contributed by atoms with Crippen LogP contribution in [0.5, 0.6) is 0 Å². The summed E-state index contributed by atoms with van der Waals surface area (Å²) in [5.41, 5.74) is 9.43. The molecule has 0 amide bonds. The lowest BCUT2D eigenvalue weighted by atomic mass is 9.86. The largest absolute Gasteiger partial charge is 0.354 e. The summed E-state index contributed by atoms with van der Waals surface area (Å²) in [5, 5.41) is 4.69. The Kier molecular flexibility index (Phi) is 5.41. The summed E-state index contributed by atoms with van der Waals surface area (Å²) in [5.74, 6) is 0. The van der Waals surface area contributed by atoms with Gasteiger partial charge in [-0.3, -0.25) is 4.57 Å². The van der Waals surface area contributed by atoms with E-state index < -0.39 is 0 Å². The monoisotopic (exact) mass is 433 g/mol. The van der Waals surface area contributed by atoms with Crippen molar-refractivity contribution in [1.82, 2.24) is 14.9 Å². The topological polar surface area (TPSA) is 29.9 Å². The Bertz CT molecular complexity index is 1390. The van der Waals surface area contributed by atoms with E-state index in [2.05, 4.69) is 116 Å². The smallest absolute Gasteiger partial charge is 0.157 e. The van der Waals surface area contributed by atoms with Gasteiger partial charge in [0.1, 0.15) is 0 Å². The fourth-order valence-corrected chi connectivity index (χ4v) is 4.45. The third-order valence-corrected chi connectivity index (χ3v) is 6.41. The van der Waals surface area contributed by atoms with Gasteiger partial charge in [-0.15, -0.1) is 0 Å². The molecule has 1 aliphatic heterocycles.